The monoisotopic (exact) mass is 352 g/mol. The molecule has 1 aromatic rings. The molecule has 0 atom stereocenters. The first kappa shape index (κ1) is 15.9. The van der Waals surface area contributed by atoms with E-state index in [-0.39, 0.29) is 10.8 Å². The van der Waals surface area contributed by atoms with E-state index in [4.69, 9.17) is 0 Å². The van der Waals surface area contributed by atoms with E-state index in [1.165, 1.54) is 5.57 Å². The van der Waals surface area contributed by atoms with Gasteiger partial charge in [-0.1, -0.05) is 13.8 Å². The van der Waals surface area contributed by atoms with E-state index in [0.717, 1.165) is 49.2 Å². The molecule has 0 unspecified atom stereocenters. The number of ketones is 1. The molecule has 7 nitrogen and oxygen atoms in total. The Balaban J connectivity index is 1.54. The van der Waals surface area contributed by atoms with Crippen LogP contribution in [0.25, 0.3) is 0 Å². The van der Waals surface area contributed by atoms with Crippen molar-refractivity contribution in [3.05, 3.63) is 35.3 Å². The van der Waals surface area contributed by atoms with Crippen LogP contribution in [0.2, 0.25) is 0 Å². The second kappa shape index (κ2) is 5.34. The minimum absolute atomic E-state index is 0.00238. The van der Waals surface area contributed by atoms with Crippen molar-refractivity contribution >= 4 is 5.78 Å². The molecule has 1 N–H and O–H groups in total. The highest BCUT2D eigenvalue weighted by atomic mass is 16.1. The number of dihydropyridines is 1. The summed E-state index contributed by atoms with van der Waals surface area (Å²) in [7, 11) is 0. The maximum absolute atomic E-state index is 13.2. The van der Waals surface area contributed by atoms with E-state index in [2.05, 4.69) is 44.2 Å². The van der Waals surface area contributed by atoms with Crippen LogP contribution in [-0.2, 0) is 4.79 Å². The molecule has 0 saturated heterocycles. The summed E-state index contributed by atoms with van der Waals surface area (Å²) in [6, 6.07) is 0.407. The second-order valence-corrected chi connectivity index (χ2v) is 8.87. The number of Topliss-reactive ketones (excluding diaryl/α,β-unsaturated/α-hetero) is 1. The third kappa shape index (κ3) is 2.22. The van der Waals surface area contributed by atoms with Crippen molar-refractivity contribution in [2.75, 3.05) is 6.54 Å². The van der Waals surface area contributed by atoms with Crippen molar-refractivity contribution < 1.29 is 4.79 Å². The number of fused-ring (bicyclic) bond motifs is 2. The Bertz CT molecular complexity index is 853. The zero-order chi connectivity index (χ0) is 17.9. The molecule has 2 aliphatic heterocycles. The number of carbonyl (C=O) groups excluding carboxylic acids is 1. The van der Waals surface area contributed by atoms with Gasteiger partial charge in [-0.05, 0) is 37.5 Å². The molecular weight excluding hydrogens is 328 g/mol. The highest BCUT2D eigenvalue weighted by Crippen LogP contribution is 2.57. The second-order valence-electron chi connectivity index (χ2n) is 8.87. The van der Waals surface area contributed by atoms with Gasteiger partial charge in [-0.15, -0.1) is 15.3 Å². The Morgan fingerprint density at radius 3 is 2.62 bits per heavy atom. The minimum atomic E-state index is -0.183. The summed E-state index contributed by atoms with van der Waals surface area (Å²) in [6.45, 7) is 4.96. The van der Waals surface area contributed by atoms with E-state index in [9.17, 15) is 4.79 Å². The van der Waals surface area contributed by atoms with Crippen LogP contribution in [0.4, 0.5) is 0 Å². The van der Waals surface area contributed by atoms with E-state index >= 15 is 0 Å². The van der Waals surface area contributed by atoms with Crippen molar-refractivity contribution in [3.63, 3.8) is 0 Å². The molecular formula is C19H24N6O. The summed E-state index contributed by atoms with van der Waals surface area (Å²) in [5.74, 6) is 1.21. The first-order chi connectivity index (χ1) is 12.5. The molecule has 0 amide bonds. The fourth-order valence-electron chi connectivity index (χ4n) is 5.41. The third-order valence-corrected chi connectivity index (χ3v) is 6.55. The van der Waals surface area contributed by atoms with Gasteiger partial charge in [0.2, 0.25) is 0 Å². The molecule has 5 rings (SSSR count). The topological polar surface area (TPSA) is 84.5 Å². The lowest BCUT2D eigenvalue weighted by molar-refractivity contribution is -0.119. The average molecular weight is 352 g/mol. The Labute approximate surface area is 152 Å². The fourth-order valence-corrected chi connectivity index (χ4v) is 5.41. The maximum Gasteiger partial charge on any atom is 0.162 e. The first-order valence-electron chi connectivity index (χ1n) is 9.48. The van der Waals surface area contributed by atoms with E-state index in [1.807, 2.05) is 0 Å². The Hall–Kier alpha value is -2.31. The van der Waals surface area contributed by atoms with Crippen LogP contribution in [0.1, 0.15) is 58.4 Å². The van der Waals surface area contributed by atoms with Crippen LogP contribution >= 0.6 is 0 Å². The van der Waals surface area contributed by atoms with Gasteiger partial charge in [-0.2, -0.15) is 5.11 Å². The number of carbonyl (C=O) groups is 1. The number of azo groups is 1. The summed E-state index contributed by atoms with van der Waals surface area (Å²) in [4.78, 5) is 13.2. The zero-order valence-electron chi connectivity index (χ0n) is 15.3. The molecule has 0 aromatic carbocycles. The van der Waals surface area contributed by atoms with Crippen LogP contribution in [0, 0.1) is 10.8 Å². The van der Waals surface area contributed by atoms with Gasteiger partial charge >= 0.3 is 0 Å². The molecule has 3 heterocycles. The summed E-state index contributed by atoms with van der Waals surface area (Å²) in [5, 5.41) is 20.0. The van der Waals surface area contributed by atoms with Crippen LogP contribution in [0.3, 0.4) is 0 Å². The predicted octanol–water partition coefficient (Wildman–Crippen LogP) is 3.30. The number of nitrogens with one attached hydrogen (secondary N) is 1. The van der Waals surface area contributed by atoms with Crippen LogP contribution in [-0.4, -0.2) is 27.1 Å². The van der Waals surface area contributed by atoms with Crippen LogP contribution < -0.4 is 5.32 Å². The lowest BCUT2D eigenvalue weighted by atomic mass is 9.57. The highest BCUT2D eigenvalue weighted by Gasteiger charge is 2.52. The van der Waals surface area contributed by atoms with Gasteiger partial charge in [-0.3, -0.25) is 4.79 Å². The summed E-state index contributed by atoms with van der Waals surface area (Å²) < 4.78 is 2.10. The summed E-state index contributed by atoms with van der Waals surface area (Å²) in [5.41, 5.74) is 3.17. The molecule has 4 aliphatic rings. The first-order valence-corrected chi connectivity index (χ1v) is 9.48. The Morgan fingerprint density at radius 1 is 1.15 bits per heavy atom. The number of hydrogen-bond donors (Lipinski definition) is 1. The van der Waals surface area contributed by atoms with Crippen molar-refractivity contribution in [1.29, 1.82) is 0 Å². The summed E-state index contributed by atoms with van der Waals surface area (Å²) >= 11 is 0. The summed E-state index contributed by atoms with van der Waals surface area (Å²) in [6.07, 6.45) is 9.09. The van der Waals surface area contributed by atoms with Gasteiger partial charge in [-0.25, -0.2) is 0 Å². The van der Waals surface area contributed by atoms with Crippen molar-refractivity contribution in [2.45, 2.75) is 58.4 Å². The fraction of sp³-hybridized carbons (Fsp3) is 0.632. The van der Waals surface area contributed by atoms with Gasteiger partial charge in [0, 0.05) is 34.7 Å². The molecule has 1 fully saturated rings. The quantitative estimate of drug-likeness (QED) is 0.840. The normalized spacial score (nSPS) is 32.7. The molecule has 1 saturated carbocycles. The van der Waals surface area contributed by atoms with Gasteiger partial charge in [0.15, 0.2) is 11.6 Å². The molecule has 0 bridgehead atoms. The largest absolute Gasteiger partial charge is 0.342 e. The molecule has 26 heavy (non-hydrogen) atoms. The van der Waals surface area contributed by atoms with Crippen molar-refractivity contribution in [1.82, 2.24) is 20.1 Å². The zero-order valence-corrected chi connectivity index (χ0v) is 15.3. The van der Waals surface area contributed by atoms with Gasteiger partial charge < -0.3 is 9.88 Å². The molecule has 136 valence electrons. The van der Waals surface area contributed by atoms with Crippen molar-refractivity contribution in [3.8, 4) is 0 Å². The molecule has 1 spiro atoms. The number of aromatic nitrogens is 3. The number of allylic oxidation sites excluding steroid dienone is 2. The number of nitrogens with zero attached hydrogens (tertiary/aromatic N) is 5. The van der Waals surface area contributed by atoms with Gasteiger partial charge in [0.1, 0.15) is 12.7 Å². The lowest BCUT2D eigenvalue weighted by Gasteiger charge is -2.48. The molecule has 2 aliphatic carbocycles. The number of rotatable bonds is 1. The highest BCUT2D eigenvalue weighted by molar-refractivity contribution is 6.00. The SMILES string of the molecule is CC1(C)CC(=O)C2=C(C1)NC1=C(CN=N1)C21CCC(n2cnnc2)CC1. The Morgan fingerprint density at radius 2 is 1.88 bits per heavy atom. The average Bonchev–Trinajstić information content (AvgIpc) is 3.25. The molecule has 0 radical (unpaired) electrons. The molecule has 1 aromatic heterocycles. The number of hydrogen-bond acceptors (Lipinski definition) is 6. The predicted molar refractivity (Wildman–Crippen MR) is 94.9 cm³/mol. The maximum atomic E-state index is 13.2. The van der Waals surface area contributed by atoms with Gasteiger partial charge in [0.05, 0.1) is 6.54 Å². The van der Waals surface area contributed by atoms with Crippen LogP contribution in [0.15, 0.2) is 45.5 Å². The van der Waals surface area contributed by atoms with E-state index in [1.54, 1.807) is 12.7 Å². The lowest BCUT2D eigenvalue weighted by Crippen LogP contribution is -2.45. The van der Waals surface area contributed by atoms with Crippen LogP contribution in [0.5, 0.6) is 0 Å². The third-order valence-electron chi connectivity index (χ3n) is 6.55. The standard InChI is InChI=1S/C19H24N6O/c1-18(2)7-14-16(15(26)8-18)19(13-9-20-24-17(13)23-14)5-3-12(4-6-19)25-10-21-22-11-25/h10-12,23H,3-9H2,1-2H3. The Kier molecular flexibility index (Phi) is 3.27. The minimum Gasteiger partial charge on any atom is -0.342 e. The smallest absolute Gasteiger partial charge is 0.162 e. The van der Waals surface area contributed by atoms with E-state index in [0.29, 0.717) is 24.8 Å². The van der Waals surface area contributed by atoms with Gasteiger partial charge in [0.25, 0.3) is 0 Å². The molecule has 7 heteroatoms. The van der Waals surface area contributed by atoms with E-state index < -0.39 is 0 Å². The van der Waals surface area contributed by atoms with Crippen molar-refractivity contribution in [2.24, 2.45) is 21.1 Å².